The summed E-state index contributed by atoms with van der Waals surface area (Å²) >= 11 is 6.04. The fourth-order valence-electron chi connectivity index (χ4n) is 1.61. The minimum Gasteiger partial charge on any atom is -0.495 e. The van der Waals surface area contributed by atoms with Crippen LogP contribution in [0.5, 0.6) is 5.75 Å². The maximum absolute atomic E-state index is 9.69. The highest BCUT2D eigenvalue weighted by molar-refractivity contribution is 6.32. The van der Waals surface area contributed by atoms with Crippen LogP contribution in [0.2, 0.25) is 5.02 Å². The van der Waals surface area contributed by atoms with Gasteiger partial charge >= 0.3 is 0 Å². The molecule has 0 aliphatic carbocycles. The highest BCUT2D eigenvalue weighted by atomic mass is 35.5. The molecule has 1 aromatic carbocycles. The number of ether oxygens (including phenoxy) is 1. The average Bonchev–Trinajstić information content (AvgIpc) is 2.29. The van der Waals surface area contributed by atoms with Gasteiger partial charge in [-0.2, -0.15) is 0 Å². The van der Waals surface area contributed by atoms with Crippen molar-refractivity contribution in [1.29, 1.82) is 0 Å². The van der Waals surface area contributed by atoms with E-state index < -0.39 is 6.10 Å². The van der Waals surface area contributed by atoms with Crippen molar-refractivity contribution in [2.45, 2.75) is 6.10 Å². The summed E-state index contributed by atoms with van der Waals surface area (Å²) in [5.41, 5.74) is 0.950. The van der Waals surface area contributed by atoms with Gasteiger partial charge in [-0.25, -0.2) is 0 Å². The number of anilines is 1. The van der Waals surface area contributed by atoms with Crippen LogP contribution in [0.4, 0.5) is 5.69 Å². The number of aliphatic hydroxyl groups is 1. The van der Waals surface area contributed by atoms with Crippen LogP contribution in [0.3, 0.4) is 0 Å². The molecule has 0 spiro atoms. The van der Waals surface area contributed by atoms with Crippen LogP contribution in [0, 0.1) is 0 Å². The number of benzene rings is 1. The van der Waals surface area contributed by atoms with Crippen LogP contribution in [-0.2, 0) is 0 Å². The molecule has 1 aromatic rings. The number of methoxy groups -OCH3 is 1. The van der Waals surface area contributed by atoms with E-state index in [1.165, 1.54) is 0 Å². The summed E-state index contributed by atoms with van der Waals surface area (Å²) in [4.78, 5) is 1.95. The second-order valence-corrected chi connectivity index (χ2v) is 4.32. The summed E-state index contributed by atoms with van der Waals surface area (Å²) in [7, 11) is 5.31. The Morgan fingerprint density at radius 2 is 2.24 bits per heavy atom. The minimum absolute atomic E-state index is 0.411. The van der Waals surface area contributed by atoms with Gasteiger partial charge in [0, 0.05) is 25.8 Å². The van der Waals surface area contributed by atoms with E-state index in [0.29, 0.717) is 23.9 Å². The largest absolute Gasteiger partial charge is 0.495 e. The fraction of sp³-hybridized carbons (Fsp3) is 0.500. The van der Waals surface area contributed by atoms with Crippen molar-refractivity contribution in [3.8, 4) is 5.75 Å². The molecular formula is C12H19ClN2O2. The highest BCUT2D eigenvalue weighted by Crippen LogP contribution is 2.28. The number of nitrogens with one attached hydrogen (secondary N) is 1. The molecule has 5 heteroatoms. The van der Waals surface area contributed by atoms with Crippen molar-refractivity contribution in [3.63, 3.8) is 0 Å². The van der Waals surface area contributed by atoms with Crippen LogP contribution < -0.4 is 15.0 Å². The lowest BCUT2D eigenvalue weighted by atomic mass is 10.2. The number of likely N-dealkylation sites (N-methyl/N-ethyl adjacent to an activating group) is 2. The summed E-state index contributed by atoms with van der Waals surface area (Å²) in [5, 5.41) is 13.2. The number of aliphatic hydroxyl groups excluding tert-OH is 1. The Kier molecular flexibility index (Phi) is 5.55. The molecule has 4 nitrogen and oxygen atoms in total. The van der Waals surface area contributed by atoms with Gasteiger partial charge in [-0.1, -0.05) is 11.6 Å². The molecule has 1 unspecified atom stereocenters. The van der Waals surface area contributed by atoms with Gasteiger partial charge in [0.05, 0.1) is 18.2 Å². The van der Waals surface area contributed by atoms with Crippen molar-refractivity contribution >= 4 is 17.3 Å². The van der Waals surface area contributed by atoms with Crippen molar-refractivity contribution < 1.29 is 9.84 Å². The second kappa shape index (κ2) is 6.69. The Morgan fingerprint density at radius 3 is 2.76 bits per heavy atom. The minimum atomic E-state index is -0.411. The van der Waals surface area contributed by atoms with Crippen LogP contribution in [0.25, 0.3) is 0 Å². The van der Waals surface area contributed by atoms with E-state index in [4.69, 9.17) is 16.3 Å². The highest BCUT2D eigenvalue weighted by Gasteiger charge is 2.09. The quantitative estimate of drug-likeness (QED) is 0.809. The van der Waals surface area contributed by atoms with E-state index in [-0.39, 0.29) is 0 Å². The van der Waals surface area contributed by atoms with E-state index in [9.17, 15) is 5.11 Å². The third-order valence-corrected chi connectivity index (χ3v) is 2.80. The van der Waals surface area contributed by atoms with E-state index in [1.54, 1.807) is 7.11 Å². The Morgan fingerprint density at radius 1 is 1.53 bits per heavy atom. The third-order valence-electron chi connectivity index (χ3n) is 2.50. The first kappa shape index (κ1) is 14.1. The maximum atomic E-state index is 9.69. The molecule has 0 fully saturated rings. The zero-order valence-corrected chi connectivity index (χ0v) is 11.2. The predicted molar refractivity (Wildman–Crippen MR) is 71.2 cm³/mol. The Hall–Kier alpha value is -0.970. The SMILES string of the molecule is CNCC(O)CN(C)c1ccc(OC)c(Cl)c1. The predicted octanol–water partition coefficient (Wildman–Crippen LogP) is 1.37. The average molecular weight is 259 g/mol. The molecule has 0 saturated carbocycles. The maximum Gasteiger partial charge on any atom is 0.137 e. The van der Waals surface area contributed by atoms with Gasteiger partial charge < -0.3 is 20.1 Å². The van der Waals surface area contributed by atoms with Crippen molar-refractivity contribution in [1.82, 2.24) is 5.32 Å². The summed E-state index contributed by atoms with van der Waals surface area (Å²) < 4.78 is 5.09. The van der Waals surface area contributed by atoms with Gasteiger partial charge in [0.1, 0.15) is 5.75 Å². The lowest BCUT2D eigenvalue weighted by Gasteiger charge is -2.23. The molecule has 0 aromatic heterocycles. The van der Waals surface area contributed by atoms with E-state index >= 15 is 0 Å². The van der Waals surface area contributed by atoms with E-state index in [0.717, 1.165) is 5.69 Å². The van der Waals surface area contributed by atoms with Crippen LogP contribution in [0.15, 0.2) is 18.2 Å². The molecule has 0 aliphatic rings. The van der Waals surface area contributed by atoms with Gasteiger partial charge in [0.2, 0.25) is 0 Å². The van der Waals surface area contributed by atoms with Crippen LogP contribution in [0.1, 0.15) is 0 Å². The summed E-state index contributed by atoms with van der Waals surface area (Å²) in [6.45, 7) is 1.11. The topological polar surface area (TPSA) is 44.7 Å². The zero-order valence-electron chi connectivity index (χ0n) is 10.4. The Labute approximate surface area is 107 Å². The molecule has 1 rings (SSSR count). The van der Waals surface area contributed by atoms with Crippen molar-refractivity contribution in [3.05, 3.63) is 23.2 Å². The summed E-state index contributed by atoms with van der Waals surface area (Å²) in [5.74, 6) is 0.652. The lowest BCUT2D eigenvalue weighted by molar-refractivity contribution is 0.181. The normalized spacial score (nSPS) is 12.3. The number of hydrogen-bond donors (Lipinski definition) is 2. The van der Waals surface area contributed by atoms with Crippen LogP contribution >= 0.6 is 11.6 Å². The van der Waals surface area contributed by atoms with Gasteiger partial charge in [0.15, 0.2) is 0 Å². The number of rotatable bonds is 6. The number of halogens is 1. The molecule has 0 aliphatic heterocycles. The van der Waals surface area contributed by atoms with Crippen molar-refractivity contribution in [2.75, 3.05) is 39.2 Å². The lowest BCUT2D eigenvalue weighted by Crippen LogP contribution is -2.35. The standard InChI is InChI=1S/C12H19ClN2O2/c1-14-7-10(16)8-15(2)9-4-5-12(17-3)11(13)6-9/h4-6,10,14,16H,7-8H2,1-3H3. The van der Waals surface area contributed by atoms with Gasteiger partial charge in [-0.05, 0) is 25.2 Å². The fourth-order valence-corrected chi connectivity index (χ4v) is 1.87. The second-order valence-electron chi connectivity index (χ2n) is 3.91. The van der Waals surface area contributed by atoms with Gasteiger partial charge in [0.25, 0.3) is 0 Å². The molecular weight excluding hydrogens is 240 g/mol. The third kappa shape index (κ3) is 4.07. The first-order valence-corrected chi connectivity index (χ1v) is 5.83. The molecule has 96 valence electrons. The number of hydrogen-bond acceptors (Lipinski definition) is 4. The Bertz CT molecular complexity index is 360. The van der Waals surface area contributed by atoms with Gasteiger partial charge in [-0.15, -0.1) is 0 Å². The number of nitrogens with zero attached hydrogens (tertiary/aromatic N) is 1. The molecule has 0 radical (unpaired) electrons. The zero-order chi connectivity index (χ0) is 12.8. The van der Waals surface area contributed by atoms with Crippen LogP contribution in [-0.4, -0.2) is 45.5 Å². The molecule has 0 bridgehead atoms. The Balaban J connectivity index is 2.69. The van der Waals surface area contributed by atoms with Gasteiger partial charge in [-0.3, -0.25) is 0 Å². The molecule has 0 heterocycles. The molecule has 2 N–H and O–H groups in total. The molecule has 1 atom stereocenters. The molecule has 17 heavy (non-hydrogen) atoms. The van der Waals surface area contributed by atoms with Crippen molar-refractivity contribution in [2.24, 2.45) is 0 Å². The summed E-state index contributed by atoms with van der Waals surface area (Å²) in [6.07, 6.45) is -0.411. The smallest absolute Gasteiger partial charge is 0.137 e. The summed E-state index contributed by atoms with van der Waals surface area (Å²) in [6, 6.07) is 5.56. The molecule has 0 saturated heterocycles. The first-order valence-electron chi connectivity index (χ1n) is 5.45. The first-order chi connectivity index (χ1) is 8.08. The van der Waals surface area contributed by atoms with E-state index in [1.807, 2.05) is 37.2 Å². The monoisotopic (exact) mass is 258 g/mol. The van der Waals surface area contributed by atoms with E-state index in [2.05, 4.69) is 5.32 Å². The molecule has 0 amide bonds.